The Bertz CT molecular complexity index is 1640. The average molecular weight is 623 g/mol. The lowest BCUT2D eigenvalue weighted by Gasteiger charge is -2.41. The first-order valence-electron chi connectivity index (χ1n) is 14.3. The fourth-order valence-corrected chi connectivity index (χ4v) is 4.94. The summed E-state index contributed by atoms with van der Waals surface area (Å²) >= 11 is 0. The van der Waals surface area contributed by atoms with Gasteiger partial charge in [-0.2, -0.15) is 5.06 Å². The number of benzene rings is 2. The largest absolute Gasteiger partial charge is 0.508 e. The second-order valence-electron chi connectivity index (χ2n) is 10.9. The molecule has 1 amide bonds. The van der Waals surface area contributed by atoms with Crippen molar-refractivity contribution in [1.29, 1.82) is 0 Å². The maximum atomic E-state index is 13.6. The molecule has 1 aliphatic heterocycles. The van der Waals surface area contributed by atoms with E-state index in [9.17, 15) is 39.7 Å². The molecule has 4 rings (SSSR count). The van der Waals surface area contributed by atoms with E-state index in [0.717, 1.165) is 6.07 Å². The number of ketones is 2. The molecule has 0 fully saturated rings. The van der Waals surface area contributed by atoms with E-state index in [2.05, 4.69) is 5.16 Å². The van der Waals surface area contributed by atoms with E-state index in [1.807, 2.05) is 6.92 Å². The Morgan fingerprint density at radius 1 is 0.911 bits per heavy atom. The number of hydroxylamine groups is 2. The number of hydrogen-bond acceptors (Lipinski definition) is 12. The van der Waals surface area contributed by atoms with Crippen LogP contribution in [0.25, 0.3) is 11.1 Å². The number of rotatable bonds is 10. The third-order valence-corrected chi connectivity index (χ3v) is 7.89. The first-order valence-corrected chi connectivity index (χ1v) is 14.3. The number of allylic oxidation sites excluding steroid dienone is 2. The SMILES string of the molecule is CC[C@H](C)CC1(N(O)C(=O)/C(=N/OC)[C@@H](C)CC)Oc2ccc(C3=C(O)C(=O)C(c4ccc(O)cc4)=C(O)C3=O)cc2OC1=O. The number of carbonyl (C=O) groups excluding carboxylic acids is 4. The van der Waals surface area contributed by atoms with E-state index < -0.39 is 57.8 Å². The molecule has 13 heteroatoms. The van der Waals surface area contributed by atoms with Crippen LogP contribution in [0.4, 0.5) is 0 Å². The Hall–Kier alpha value is -5.17. The monoisotopic (exact) mass is 622 g/mol. The van der Waals surface area contributed by atoms with Crippen molar-refractivity contribution in [2.24, 2.45) is 17.0 Å². The van der Waals surface area contributed by atoms with Gasteiger partial charge in [0.2, 0.25) is 11.6 Å². The minimum absolute atomic E-state index is 0.0880. The molecule has 0 radical (unpaired) electrons. The molecule has 0 saturated carbocycles. The Balaban J connectivity index is 1.74. The van der Waals surface area contributed by atoms with Gasteiger partial charge >= 0.3 is 11.7 Å². The van der Waals surface area contributed by atoms with Gasteiger partial charge in [-0.1, -0.05) is 57.5 Å². The van der Waals surface area contributed by atoms with E-state index in [0.29, 0.717) is 12.8 Å². The second kappa shape index (κ2) is 12.8. The highest BCUT2D eigenvalue weighted by Crippen LogP contribution is 2.43. The third kappa shape index (κ3) is 5.86. The number of oxime groups is 1. The molecule has 2 aromatic rings. The van der Waals surface area contributed by atoms with Crippen LogP contribution in [0.1, 0.15) is 58.1 Å². The number of Topliss-reactive ketones (excluding diaryl/α,β-unsaturated/α-hetero) is 2. The number of phenols is 1. The number of nitrogens with zero attached hydrogens (tertiary/aromatic N) is 2. The highest BCUT2D eigenvalue weighted by molar-refractivity contribution is 6.46. The first-order chi connectivity index (χ1) is 21.3. The summed E-state index contributed by atoms with van der Waals surface area (Å²) in [5.74, 6) is -7.32. The summed E-state index contributed by atoms with van der Waals surface area (Å²) in [4.78, 5) is 58.2. The zero-order valence-electron chi connectivity index (χ0n) is 25.4. The normalized spacial score (nSPS) is 19.9. The van der Waals surface area contributed by atoms with Crippen LogP contribution < -0.4 is 9.47 Å². The Labute approximate surface area is 258 Å². The standard InChI is InChI=1S/C32H34N2O11/c1-6-16(3)15-32(34(42)30(40)25(33-43-5)17(4)7-2)31(41)44-22-14-19(10-13-21(22)45-32)24-28(38)26(36)23(27(37)29(24)39)18-8-11-20(35)12-9-18/h8-14,16-17,35-36,39,42H,6-7,15H2,1-5H3/b33-25+/t16-,17-,32?/m0/s1. The van der Waals surface area contributed by atoms with Gasteiger partial charge in [0, 0.05) is 12.3 Å². The van der Waals surface area contributed by atoms with Crippen molar-refractivity contribution in [3.05, 3.63) is 65.1 Å². The van der Waals surface area contributed by atoms with Gasteiger partial charge in [0.25, 0.3) is 5.91 Å². The summed E-state index contributed by atoms with van der Waals surface area (Å²) < 4.78 is 11.6. The van der Waals surface area contributed by atoms with E-state index in [4.69, 9.17) is 14.3 Å². The van der Waals surface area contributed by atoms with Crippen LogP contribution in [0, 0.1) is 11.8 Å². The number of aliphatic hydroxyl groups excluding tert-OH is 2. The fraction of sp³-hybridized carbons (Fsp3) is 0.344. The Morgan fingerprint density at radius 2 is 1.49 bits per heavy atom. The third-order valence-electron chi connectivity index (χ3n) is 7.89. The molecule has 2 aliphatic rings. The summed E-state index contributed by atoms with van der Waals surface area (Å²) in [7, 11) is 1.24. The Kier molecular flexibility index (Phi) is 9.33. The number of hydrogen-bond donors (Lipinski definition) is 4. The van der Waals surface area contributed by atoms with Crippen LogP contribution in [0.3, 0.4) is 0 Å². The van der Waals surface area contributed by atoms with Gasteiger partial charge in [0.15, 0.2) is 23.0 Å². The number of aliphatic hydroxyl groups is 2. The molecular formula is C32H34N2O11. The lowest BCUT2D eigenvalue weighted by atomic mass is 9.86. The zero-order valence-corrected chi connectivity index (χ0v) is 25.4. The van der Waals surface area contributed by atoms with Crippen LogP contribution in [-0.4, -0.2) is 67.6 Å². The number of amides is 1. The van der Waals surface area contributed by atoms with Crippen molar-refractivity contribution in [3.8, 4) is 17.2 Å². The van der Waals surface area contributed by atoms with Crippen molar-refractivity contribution < 1.29 is 54.0 Å². The molecule has 1 unspecified atom stereocenters. The summed E-state index contributed by atoms with van der Waals surface area (Å²) in [5.41, 5.74) is -3.47. The number of phenolic OH excluding ortho intramolecular Hbond substituents is 1. The predicted molar refractivity (Wildman–Crippen MR) is 159 cm³/mol. The van der Waals surface area contributed by atoms with Crippen molar-refractivity contribution in [3.63, 3.8) is 0 Å². The number of ether oxygens (including phenoxy) is 2. The van der Waals surface area contributed by atoms with Crippen molar-refractivity contribution in [2.45, 2.75) is 52.7 Å². The summed E-state index contributed by atoms with van der Waals surface area (Å²) in [6.07, 6.45) is 0.871. The van der Waals surface area contributed by atoms with Gasteiger partial charge in [-0.05, 0) is 47.7 Å². The molecule has 2 aromatic carbocycles. The van der Waals surface area contributed by atoms with Crippen LogP contribution in [0.15, 0.2) is 59.1 Å². The molecule has 13 nitrogen and oxygen atoms in total. The summed E-state index contributed by atoms with van der Waals surface area (Å²) in [6.45, 7) is 7.15. The lowest BCUT2D eigenvalue weighted by Crippen LogP contribution is -2.64. The smallest absolute Gasteiger partial charge is 0.380 e. The molecule has 4 N–H and O–H groups in total. The fourth-order valence-electron chi connectivity index (χ4n) is 4.94. The molecule has 3 atom stereocenters. The number of fused-ring (bicyclic) bond motifs is 1. The molecule has 0 saturated heterocycles. The van der Waals surface area contributed by atoms with Crippen molar-refractivity contribution in [2.75, 3.05) is 7.11 Å². The molecule has 0 bridgehead atoms. The number of aromatic hydroxyl groups is 1. The first kappa shape index (κ1) is 32.7. The van der Waals surface area contributed by atoms with Crippen molar-refractivity contribution >= 4 is 40.3 Å². The topological polar surface area (TPSA) is 192 Å². The van der Waals surface area contributed by atoms with Gasteiger partial charge in [0.05, 0.1) is 11.1 Å². The lowest BCUT2D eigenvalue weighted by molar-refractivity contribution is -0.248. The van der Waals surface area contributed by atoms with Crippen molar-refractivity contribution in [1.82, 2.24) is 5.06 Å². The van der Waals surface area contributed by atoms with Crippen LogP contribution in [0.5, 0.6) is 17.2 Å². The van der Waals surface area contributed by atoms with E-state index >= 15 is 0 Å². The van der Waals surface area contributed by atoms with E-state index in [-0.39, 0.29) is 51.5 Å². The summed E-state index contributed by atoms with van der Waals surface area (Å²) in [5, 5.41) is 46.2. The predicted octanol–water partition coefficient (Wildman–Crippen LogP) is 4.48. The maximum Gasteiger partial charge on any atom is 0.380 e. The molecule has 1 aliphatic carbocycles. The molecular weight excluding hydrogens is 588 g/mol. The quantitative estimate of drug-likeness (QED) is 0.0729. The maximum absolute atomic E-state index is 13.6. The van der Waals surface area contributed by atoms with E-state index in [1.54, 1.807) is 20.8 Å². The van der Waals surface area contributed by atoms with Crippen LogP contribution in [-0.2, 0) is 24.0 Å². The minimum atomic E-state index is -2.32. The highest BCUT2D eigenvalue weighted by Gasteiger charge is 2.55. The second-order valence-corrected chi connectivity index (χ2v) is 10.9. The molecule has 45 heavy (non-hydrogen) atoms. The van der Waals surface area contributed by atoms with Gasteiger partial charge in [-0.3, -0.25) is 19.6 Å². The Morgan fingerprint density at radius 3 is 2.04 bits per heavy atom. The van der Waals surface area contributed by atoms with Gasteiger partial charge in [-0.25, -0.2) is 4.79 Å². The molecule has 0 spiro atoms. The van der Waals surface area contributed by atoms with Gasteiger partial charge < -0.3 is 29.6 Å². The number of esters is 1. The summed E-state index contributed by atoms with van der Waals surface area (Å²) in [6, 6.07) is 8.80. The average Bonchev–Trinajstić information content (AvgIpc) is 3.03. The highest BCUT2D eigenvalue weighted by atomic mass is 16.7. The van der Waals surface area contributed by atoms with E-state index in [1.165, 1.54) is 43.5 Å². The molecule has 238 valence electrons. The zero-order chi connectivity index (χ0) is 33.2. The van der Waals surface area contributed by atoms with Crippen LogP contribution in [0.2, 0.25) is 0 Å². The van der Waals surface area contributed by atoms with Gasteiger partial charge in [-0.15, -0.1) is 0 Å². The number of carbonyl (C=O) groups is 4. The molecule has 1 heterocycles. The molecule has 0 aromatic heterocycles. The van der Waals surface area contributed by atoms with Gasteiger partial charge in [0.1, 0.15) is 18.6 Å². The van der Waals surface area contributed by atoms with Crippen LogP contribution >= 0.6 is 0 Å². The minimum Gasteiger partial charge on any atom is -0.508 e.